The number of nitrogens with zero attached hydrogens (tertiary/aromatic N) is 1. The van der Waals surface area contributed by atoms with Crippen LogP contribution in [0.15, 0.2) is 36.5 Å². The first-order valence-corrected chi connectivity index (χ1v) is 6.51. The fourth-order valence-corrected chi connectivity index (χ4v) is 2.53. The Morgan fingerprint density at radius 1 is 1.32 bits per heavy atom. The van der Waals surface area contributed by atoms with Crippen molar-refractivity contribution in [1.82, 2.24) is 10.3 Å². The van der Waals surface area contributed by atoms with Gasteiger partial charge in [0, 0.05) is 11.6 Å². The average molecular weight is 256 g/mol. The summed E-state index contributed by atoms with van der Waals surface area (Å²) in [6, 6.07) is 9.57. The number of amides is 1. The van der Waals surface area contributed by atoms with Crippen LogP contribution in [-0.2, 0) is 0 Å². The summed E-state index contributed by atoms with van der Waals surface area (Å²) in [6.45, 7) is -0.0104. The molecule has 19 heavy (non-hydrogen) atoms. The lowest BCUT2D eigenvalue weighted by Gasteiger charge is -2.40. The van der Waals surface area contributed by atoms with E-state index in [1.54, 1.807) is 6.20 Å². The summed E-state index contributed by atoms with van der Waals surface area (Å²) >= 11 is 0. The monoisotopic (exact) mass is 256 g/mol. The predicted molar refractivity (Wildman–Crippen MR) is 72.9 cm³/mol. The van der Waals surface area contributed by atoms with Crippen molar-refractivity contribution in [3.8, 4) is 0 Å². The number of rotatable bonds is 3. The molecule has 4 nitrogen and oxygen atoms in total. The fraction of sp³-hybridized carbons (Fsp3) is 0.333. The van der Waals surface area contributed by atoms with Gasteiger partial charge in [0.2, 0.25) is 0 Å². The van der Waals surface area contributed by atoms with Crippen LogP contribution in [-0.4, -0.2) is 28.1 Å². The Balaban J connectivity index is 1.93. The third kappa shape index (κ3) is 2.08. The van der Waals surface area contributed by atoms with Crippen LogP contribution in [0.25, 0.3) is 10.8 Å². The first-order chi connectivity index (χ1) is 9.24. The molecule has 1 aliphatic rings. The first kappa shape index (κ1) is 12.1. The van der Waals surface area contributed by atoms with Crippen LogP contribution >= 0.6 is 0 Å². The van der Waals surface area contributed by atoms with Crippen LogP contribution in [0.4, 0.5) is 0 Å². The second-order valence-electron chi connectivity index (χ2n) is 5.13. The Bertz CT molecular complexity index is 610. The van der Waals surface area contributed by atoms with Gasteiger partial charge in [0.25, 0.3) is 5.91 Å². The van der Waals surface area contributed by atoms with Gasteiger partial charge in [-0.15, -0.1) is 0 Å². The highest BCUT2D eigenvalue weighted by Crippen LogP contribution is 2.31. The maximum atomic E-state index is 12.3. The average Bonchev–Trinajstić information content (AvgIpc) is 2.42. The lowest BCUT2D eigenvalue weighted by atomic mass is 9.77. The molecule has 1 amide bonds. The molecule has 0 unspecified atom stereocenters. The van der Waals surface area contributed by atoms with Gasteiger partial charge in [-0.2, -0.15) is 0 Å². The maximum absolute atomic E-state index is 12.3. The molecule has 1 saturated carbocycles. The van der Waals surface area contributed by atoms with E-state index in [0.29, 0.717) is 5.69 Å². The molecule has 1 fully saturated rings. The molecule has 98 valence electrons. The predicted octanol–water partition coefficient (Wildman–Crippen LogP) is 1.88. The molecule has 2 N–H and O–H groups in total. The van der Waals surface area contributed by atoms with Gasteiger partial charge in [-0.3, -0.25) is 9.78 Å². The standard InChI is InChI=1S/C15H16N2O2/c18-10-15(7-3-8-15)17-14(19)13-12-5-2-1-4-11(12)6-9-16-13/h1-2,4-6,9,18H,3,7-8,10H2,(H,17,19). The van der Waals surface area contributed by atoms with Crippen molar-refractivity contribution < 1.29 is 9.90 Å². The van der Waals surface area contributed by atoms with Crippen LogP contribution < -0.4 is 5.32 Å². The van der Waals surface area contributed by atoms with E-state index < -0.39 is 5.54 Å². The molecule has 0 atom stereocenters. The van der Waals surface area contributed by atoms with Crippen LogP contribution in [0.5, 0.6) is 0 Å². The molecule has 0 radical (unpaired) electrons. The molecule has 1 heterocycles. The van der Waals surface area contributed by atoms with Gasteiger partial charge >= 0.3 is 0 Å². The van der Waals surface area contributed by atoms with Crippen LogP contribution in [0.1, 0.15) is 29.8 Å². The van der Waals surface area contributed by atoms with Gasteiger partial charge in [-0.1, -0.05) is 24.3 Å². The van der Waals surface area contributed by atoms with E-state index >= 15 is 0 Å². The quantitative estimate of drug-likeness (QED) is 0.881. The normalized spacial score (nSPS) is 16.9. The zero-order chi connectivity index (χ0) is 13.3. The highest BCUT2D eigenvalue weighted by molar-refractivity contribution is 6.05. The first-order valence-electron chi connectivity index (χ1n) is 6.51. The smallest absolute Gasteiger partial charge is 0.271 e. The lowest BCUT2D eigenvalue weighted by Crippen LogP contribution is -2.56. The summed E-state index contributed by atoms with van der Waals surface area (Å²) in [5, 5.41) is 14.2. The second-order valence-corrected chi connectivity index (χ2v) is 5.13. The molecule has 0 bridgehead atoms. The number of aromatic nitrogens is 1. The number of benzene rings is 1. The Labute approximate surface area is 111 Å². The topological polar surface area (TPSA) is 62.2 Å². The number of aliphatic hydroxyl groups is 1. The molecule has 0 aliphatic heterocycles. The number of pyridine rings is 1. The Morgan fingerprint density at radius 3 is 2.79 bits per heavy atom. The Kier molecular flexibility index (Phi) is 2.95. The highest BCUT2D eigenvalue weighted by atomic mass is 16.3. The van der Waals surface area contributed by atoms with Gasteiger partial charge in [0.15, 0.2) is 0 Å². The van der Waals surface area contributed by atoms with E-state index in [1.165, 1.54) is 0 Å². The molecular weight excluding hydrogens is 240 g/mol. The van der Waals surface area contributed by atoms with Gasteiger partial charge in [0.05, 0.1) is 12.1 Å². The zero-order valence-electron chi connectivity index (χ0n) is 10.6. The lowest BCUT2D eigenvalue weighted by molar-refractivity contribution is 0.0639. The summed E-state index contributed by atoms with van der Waals surface area (Å²) in [5.41, 5.74) is -0.00627. The minimum atomic E-state index is -0.435. The Morgan fingerprint density at radius 2 is 2.11 bits per heavy atom. The number of hydrogen-bond acceptors (Lipinski definition) is 3. The van der Waals surface area contributed by atoms with Gasteiger partial charge in [-0.05, 0) is 30.7 Å². The minimum Gasteiger partial charge on any atom is -0.394 e. The third-order valence-electron chi connectivity index (χ3n) is 3.88. The second kappa shape index (κ2) is 4.63. The molecule has 4 heteroatoms. The van der Waals surface area contributed by atoms with E-state index in [-0.39, 0.29) is 12.5 Å². The number of carbonyl (C=O) groups is 1. The van der Waals surface area contributed by atoms with Crippen molar-refractivity contribution in [1.29, 1.82) is 0 Å². The molecule has 0 spiro atoms. The number of aliphatic hydroxyl groups excluding tert-OH is 1. The molecule has 1 aromatic heterocycles. The van der Waals surface area contributed by atoms with Crippen molar-refractivity contribution in [3.63, 3.8) is 0 Å². The van der Waals surface area contributed by atoms with Crippen molar-refractivity contribution in [2.24, 2.45) is 0 Å². The largest absolute Gasteiger partial charge is 0.394 e. The van der Waals surface area contributed by atoms with Gasteiger partial charge in [-0.25, -0.2) is 0 Å². The molecule has 2 aromatic rings. The van der Waals surface area contributed by atoms with E-state index in [9.17, 15) is 9.90 Å². The third-order valence-corrected chi connectivity index (χ3v) is 3.88. The SMILES string of the molecule is O=C(NC1(CO)CCC1)c1nccc2ccccc12. The number of hydrogen-bond donors (Lipinski definition) is 2. The van der Waals surface area contributed by atoms with E-state index in [0.717, 1.165) is 30.0 Å². The van der Waals surface area contributed by atoms with E-state index in [2.05, 4.69) is 10.3 Å². The molecule has 3 rings (SSSR count). The zero-order valence-corrected chi connectivity index (χ0v) is 10.6. The van der Waals surface area contributed by atoms with Crippen LogP contribution in [0.2, 0.25) is 0 Å². The summed E-state index contributed by atoms with van der Waals surface area (Å²) in [5.74, 6) is -0.203. The molecule has 1 aromatic carbocycles. The number of nitrogens with one attached hydrogen (secondary N) is 1. The fourth-order valence-electron chi connectivity index (χ4n) is 2.53. The van der Waals surface area contributed by atoms with Gasteiger partial charge in [0.1, 0.15) is 5.69 Å². The molecule has 1 aliphatic carbocycles. The van der Waals surface area contributed by atoms with Crippen molar-refractivity contribution in [3.05, 3.63) is 42.2 Å². The highest BCUT2D eigenvalue weighted by Gasteiger charge is 2.38. The Hall–Kier alpha value is -1.94. The van der Waals surface area contributed by atoms with E-state index in [1.807, 2.05) is 30.3 Å². The van der Waals surface area contributed by atoms with E-state index in [4.69, 9.17) is 0 Å². The minimum absolute atomic E-state index is 0.0104. The number of fused-ring (bicyclic) bond motifs is 1. The van der Waals surface area contributed by atoms with Crippen molar-refractivity contribution in [2.75, 3.05) is 6.61 Å². The summed E-state index contributed by atoms with van der Waals surface area (Å²) in [4.78, 5) is 16.5. The summed E-state index contributed by atoms with van der Waals surface area (Å²) in [7, 11) is 0. The van der Waals surface area contributed by atoms with Gasteiger partial charge < -0.3 is 10.4 Å². The summed E-state index contributed by atoms with van der Waals surface area (Å²) < 4.78 is 0. The van der Waals surface area contributed by atoms with Crippen molar-refractivity contribution >= 4 is 16.7 Å². The maximum Gasteiger partial charge on any atom is 0.271 e. The molecular formula is C15H16N2O2. The summed E-state index contributed by atoms with van der Waals surface area (Å²) in [6.07, 6.45) is 4.35. The van der Waals surface area contributed by atoms with Crippen molar-refractivity contribution in [2.45, 2.75) is 24.8 Å². The number of carbonyl (C=O) groups excluding carboxylic acids is 1. The molecule has 0 saturated heterocycles. The van der Waals surface area contributed by atoms with Crippen LogP contribution in [0.3, 0.4) is 0 Å². The van der Waals surface area contributed by atoms with Crippen LogP contribution in [0, 0.1) is 0 Å².